The number of nitrogens with zero attached hydrogens (tertiary/aromatic N) is 1. The Morgan fingerprint density at radius 1 is 1.09 bits per heavy atom. The number of carbonyl (C=O) groups excluding carboxylic acids is 3. The number of ether oxygens (including phenoxy) is 1. The summed E-state index contributed by atoms with van der Waals surface area (Å²) in [4.78, 5) is 42.0. The predicted molar refractivity (Wildman–Crippen MR) is 116 cm³/mol. The molecule has 3 saturated heterocycles. The lowest BCUT2D eigenvalue weighted by atomic mass is 9.76. The maximum atomic E-state index is 14.3. The van der Waals surface area contributed by atoms with Crippen molar-refractivity contribution in [1.29, 1.82) is 0 Å². The summed E-state index contributed by atoms with van der Waals surface area (Å²) in [5.41, 5.74) is 0.352. The van der Waals surface area contributed by atoms with E-state index in [-0.39, 0.29) is 18.6 Å². The number of likely N-dealkylation sites (tertiary alicyclic amines) is 1. The van der Waals surface area contributed by atoms with Gasteiger partial charge in [-0.2, -0.15) is 0 Å². The number of benzene rings is 2. The van der Waals surface area contributed by atoms with Gasteiger partial charge in [0.1, 0.15) is 11.4 Å². The van der Waals surface area contributed by atoms with Crippen molar-refractivity contribution < 1.29 is 23.5 Å². The summed E-state index contributed by atoms with van der Waals surface area (Å²) >= 11 is 0. The second kappa shape index (κ2) is 7.46. The molecular formula is C25H24FN3O4. The molecule has 0 aromatic heterocycles. The van der Waals surface area contributed by atoms with Crippen LogP contribution in [0.15, 0.2) is 48.5 Å². The molecule has 0 bridgehead atoms. The van der Waals surface area contributed by atoms with Crippen LogP contribution in [0.2, 0.25) is 0 Å². The van der Waals surface area contributed by atoms with E-state index in [0.29, 0.717) is 24.3 Å². The molecule has 1 spiro atoms. The molecule has 7 nitrogen and oxygen atoms in total. The minimum atomic E-state index is -1.49. The Labute approximate surface area is 190 Å². The van der Waals surface area contributed by atoms with Gasteiger partial charge in [-0.3, -0.25) is 24.6 Å². The fourth-order valence-corrected chi connectivity index (χ4v) is 6.05. The molecule has 0 radical (unpaired) electrons. The molecule has 1 unspecified atom stereocenters. The smallest absolute Gasteiger partial charge is 0.250 e. The third-order valence-corrected chi connectivity index (χ3v) is 7.48. The van der Waals surface area contributed by atoms with E-state index in [9.17, 15) is 18.8 Å². The monoisotopic (exact) mass is 449 g/mol. The molecule has 8 heteroatoms. The number of hydrogen-bond donors (Lipinski definition) is 2. The average molecular weight is 449 g/mol. The largest absolute Gasteiger partial charge is 0.376 e. The summed E-state index contributed by atoms with van der Waals surface area (Å²) < 4.78 is 20.0. The molecular weight excluding hydrogens is 425 g/mol. The molecule has 0 aliphatic carbocycles. The Kier molecular flexibility index (Phi) is 4.64. The quantitative estimate of drug-likeness (QED) is 0.697. The highest BCUT2D eigenvalue weighted by atomic mass is 19.1. The first-order valence-electron chi connectivity index (χ1n) is 11.4. The first-order valence-corrected chi connectivity index (χ1v) is 11.4. The molecule has 2 N–H and O–H groups in total. The summed E-state index contributed by atoms with van der Waals surface area (Å²) in [6.45, 7) is 0.807. The van der Waals surface area contributed by atoms with Crippen LogP contribution in [-0.2, 0) is 31.1 Å². The minimum Gasteiger partial charge on any atom is -0.376 e. The Balaban J connectivity index is 1.44. The first kappa shape index (κ1) is 20.5. The van der Waals surface area contributed by atoms with Crippen LogP contribution in [0.5, 0.6) is 0 Å². The van der Waals surface area contributed by atoms with Crippen LogP contribution >= 0.6 is 0 Å². The Morgan fingerprint density at radius 3 is 2.67 bits per heavy atom. The Hall–Kier alpha value is -3.10. The molecule has 2 aromatic carbocycles. The van der Waals surface area contributed by atoms with Crippen LogP contribution in [0.4, 0.5) is 10.1 Å². The number of nitrogens with one attached hydrogen (secondary N) is 2. The van der Waals surface area contributed by atoms with Gasteiger partial charge in [-0.1, -0.05) is 30.3 Å². The van der Waals surface area contributed by atoms with Crippen molar-refractivity contribution in [2.75, 3.05) is 18.5 Å². The number of fused-ring (bicyclic) bond motifs is 4. The molecule has 4 aliphatic heterocycles. The number of hydrogen-bond acceptors (Lipinski definition) is 5. The number of imide groups is 1. The van der Waals surface area contributed by atoms with Gasteiger partial charge in [0.25, 0.3) is 0 Å². The second-order valence-electron chi connectivity index (χ2n) is 9.32. The second-order valence-corrected chi connectivity index (χ2v) is 9.32. The normalized spacial score (nSPS) is 32.5. The van der Waals surface area contributed by atoms with E-state index in [1.165, 1.54) is 23.1 Å². The van der Waals surface area contributed by atoms with Crippen molar-refractivity contribution in [2.24, 2.45) is 11.8 Å². The van der Waals surface area contributed by atoms with Gasteiger partial charge >= 0.3 is 0 Å². The molecule has 0 saturated carbocycles. The zero-order valence-electron chi connectivity index (χ0n) is 17.9. The molecule has 170 valence electrons. The molecule has 2 aromatic rings. The van der Waals surface area contributed by atoms with E-state index in [1.807, 2.05) is 30.3 Å². The van der Waals surface area contributed by atoms with Crippen molar-refractivity contribution in [2.45, 2.75) is 36.9 Å². The molecule has 3 amide bonds. The van der Waals surface area contributed by atoms with E-state index in [2.05, 4.69) is 10.6 Å². The van der Waals surface area contributed by atoms with Gasteiger partial charge in [0.2, 0.25) is 17.7 Å². The molecule has 33 heavy (non-hydrogen) atoms. The van der Waals surface area contributed by atoms with E-state index in [0.717, 1.165) is 18.4 Å². The van der Waals surface area contributed by atoms with Crippen molar-refractivity contribution >= 4 is 23.4 Å². The lowest BCUT2D eigenvalue weighted by Crippen LogP contribution is -2.54. The topological polar surface area (TPSA) is 87.7 Å². The van der Waals surface area contributed by atoms with Crippen LogP contribution in [0.1, 0.15) is 24.0 Å². The van der Waals surface area contributed by atoms with Crippen molar-refractivity contribution in [3.63, 3.8) is 0 Å². The van der Waals surface area contributed by atoms with Gasteiger partial charge in [0, 0.05) is 23.9 Å². The molecule has 4 aliphatic rings. The van der Waals surface area contributed by atoms with E-state index in [1.54, 1.807) is 0 Å². The SMILES string of the molecule is O=C1[C@H]2[C@H](Cc3ccccc3)N[C@@]3(C(=O)Nc4ccc(F)cc43)[C@H]2C(=O)N1CC1CCCO1. The summed E-state index contributed by atoms with van der Waals surface area (Å²) in [6, 6.07) is 13.3. The third-order valence-electron chi connectivity index (χ3n) is 7.48. The zero-order valence-corrected chi connectivity index (χ0v) is 17.9. The van der Waals surface area contributed by atoms with Crippen molar-refractivity contribution in [1.82, 2.24) is 10.2 Å². The number of halogens is 1. The average Bonchev–Trinajstić information content (AvgIpc) is 3.55. The summed E-state index contributed by atoms with van der Waals surface area (Å²) in [6.07, 6.45) is 1.97. The fourth-order valence-electron chi connectivity index (χ4n) is 6.05. The van der Waals surface area contributed by atoms with Gasteiger partial charge in [0.05, 0.1) is 24.5 Å². The number of amides is 3. The summed E-state index contributed by atoms with van der Waals surface area (Å²) in [5, 5.41) is 6.15. The van der Waals surface area contributed by atoms with Gasteiger partial charge in [-0.25, -0.2) is 4.39 Å². The van der Waals surface area contributed by atoms with Crippen LogP contribution in [0, 0.1) is 17.7 Å². The van der Waals surface area contributed by atoms with Gasteiger partial charge in [0.15, 0.2) is 0 Å². The van der Waals surface area contributed by atoms with Crippen molar-refractivity contribution in [3.05, 3.63) is 65.5 Å². The fraction of sp³-hybridized carbons (Fsp3) is 0.400. The van der Waals surface area contributed by atoms with E-state index in [4.69, 9.17) is 4.74 Å². The number of anilines is 1. The summed E-state index contributed by atoms with van der Waals surface area (Å²) in [7, 11) is 0. The molecule has 4 heterocycles. The van der Waals surface area contributed by atoms with Crippen LogP contribution in [0.25, 0.3) is 0 Å². The summed E-state index contributed by atoms with van der Waals surface area (Å²) in [5.74, 6) is -3.27. The molecule has 5 atom stereocenters. The lowest BCUT2D eigenvalue weighted by molar-refractivity contribution is -0.144. The predicted octanol–water partition coefficient (Wildman–Crippen LogP) is 1.97. The van der Waals surface area contributed by atoms with Crippen LogP contribution in [-0.4, -0.2) is 47.9 Å². The zero-order chi connectivity index (χ0) is 22.7. The molecule has 6 rings (SSSR count). The van der Waals surface area contributed by atoms with Gasteiger partial charge in [-0.15, -0.1) is 0 Å². The number of rotatable bonds is 4. The lowest BCUT2D eigenvalue weighted by Gasteiger charge is -2.30. The Morgan fingerprint density at radius 2 is 1.91 bits per heavy atom. The minimum absolute atomic E-state index is 0.185. The van der Waals surface area contributed by atoms with Gasteiger partial charge in [-0.05, 0) is 43.0 Å². The highest BCUT2D eigenvalue weighted by molar-refractivity contribution is 6.15. The van der Waals surface area contributed by atoms with Crippen molar-refractivity contribution in [3.8, 4) is 0 Å². The van der Waals surface area contributed by atoms with E-state index < -0.39 is 41.0 Å². The first-order chi connectivity index (χ1) is 16.0. The standard InChI is InChI=1S/C25H24FN3O4/c26-15-8-9-18-17(12-15)25(24(32)27-18)21-20(19(28-25)11-14-5-2-1-3-6-14)22(30)29(23(21)31)13-16-7-4-10-33-16/h1-3,5-6,8-9,12,16,19-21,28H,4,7,10-11,13H2,(H,27,32)/t16?,19-,20-,21+,25+/m0/s1. The maximum Gasteiger partial charge on any atom is 0.250 e. The van der Waals surface area contributed by atoms with E-state index >= 15 is 0 Å². The number of carbonyl (C=O) groups is 3. The van der Waals surface area contributed by atoms with Crippen LogP contribution < -0.4 is 10.6 Å². The van der Waals surface area contributed by atoms with Crippen LogP contribution in [0.3, 0.4) is 0 Å². The van der Waals surface area contributed by atoms with Gasteiger partial charge < -0.3 is 10.1 Å². The third kappa shape index (κ3) is 2.97. The molecule has 3 fully saturated rings. The highest BCUT2D eigenvalue weighted by Gasteiger charge is 2.70. The highest BCUT2D eigenvalue weighted by Crippen LogP contribution is 2.53. The maximum absolute atomic E-state index is 14.3. The Bertz CT molecular complexity index is 1150.